The highest BCUT2D eigenvalue weighted by molar-refractivity contribution is 5.28. The third-order valence-corrected chi connectivity index (χ3v) is 2.93. The Hall–Kier alpha value is -1.03. The van der Waals surface area contributed by atoms with Crippen molar-refractivity contribution in [1.82, 2.24) is 5.32 Å². The van der Waals surface area contributed by atoms with Gasteiger partial charge in [-0.2, -0.15) is 13.2 Å². The van der Waals surface area contributed by atoms with E-state index in [-0.39, 0.29) is 6.04 Å². The number of nitrogens with one attached hydrogen (secondary N) is 1. The minimum Gasteiger partial charge on any atom is -0.310 e. The number of benzene rings is 1. The summed E-state index contributed by atoms with van der Waals surface area (Å²) in [7, 11) is 0. The van der Waals surface area contributed by atoms with E-state index >= 15 is 0 Å². The second-order valence-corrected chi connectivity index (χ2v) is 4.13. The Kier molecular flexibility index (Phi) is 3.19. The minimum absolute atomic E-state index is 0.0797. The summed E-state index contributed by atoms with van der Waals surface area (Å²) in [6.45, 7) is 0.890. The molecule has 1 nitrogen and oxygen atoms in total. The number of hydrogen-bond acceptors (Lipinski definition) is 1. The summed E-state index contributed by atoms with van der Waals surface area (Å²) in [6.07, 6.45) is -1.14. The van der Waals surface area contributed by atoms with Gasteiger partial charge < -0.3 is 5.32 Å². The van der Waals surface area contributed by atoms with Gasteiger partial charge >= 0.3 is 6.18 Å². The van der Waals surface area contributed by atoms with E-state index in [4.69, 9.17) is 0 Å². The van der Waals surface area contributed by atoms with E-state index in [9.17, 15) is 13.2 Å². The summed E-state index contributed by atoms with van der Waals surface area (Å²) < 4.78 is 37.5. The molecule has 88 valence electrons. The molecule has 1 N–H and O–H groups in total. The third kappa shape index (κ3) is 2.55. The molecule has 1 atom stereocenters. The van der Waals surface area contributed by atoms with Crippen molar-refractivity contribution in [3.8, 4) is 0 Å². The summed E-state index contributed by atoms with van der Waals surface area (Å²) in [6, 6.07) is 5.69. The van der Waals surface area contributed by atoms with Gasteiger partial charge in [-0.3, -0.25) is 0 Å². The second-order valence-electron chi connectivity index (χ2n) is 4.13. The van der Waals surface area contributed by atoms with Crippen LogP contribution in [-0.2, 0) is 6.18 Å². The molecule has 2 rings (SSSR count). The van der Waals surface area contributed by atoms with Crippen molar-refractivity contribution in [2.75, 3.05) is 6.54 Å². The molecule has 0 unspecified atom stereocenters. The number of hydrogen-bond donors (Lipinski definition) is 1. The fraction of sp³-hybridized carbons (Fsp3) is 0.500. The van der Waals surface area contributed by atoms with Crippen molar-refractivity contribution in [1.29, 1.82) is 0 Å². The zero-order chi connectivity index (χ0) is 11.6. The highest BCUT2D eigenvalue weighted by Gasteiger charge is 2.31. The minimum atomic E-state index is -4.25. The molecular formula is C12H14F3N. The van der Waals surface area contributed by atoms with E-state index < -0.39 is 11.7 Å². The lowest BCUT2D eigenvalue weighted by Gasteiger charge is -2.24. The lowest BCUT2D eigenvalue weighted by atomic mass is 9.96. The quantitative estimate of drug-likeness (QED) is 0.776. The molecule has 0 radical (unpaired) electrons. The Balaban J connectivity index is 2.21. The molecule has 0 saturated carbocycles. The van der Waals surface area contributed by atoms with Crippen LogP contribution in [0.5, 0.6) is 0 Å². The SMILES string of the molecule is FC(F)(F)c1cccc([C@@H]2CCCCN2)c1. The van der Waals surface area contributed by atoms with Gasteiger partial charge in [0.2, 0.25) is 0 Å². The van der Waals surface area contributed by atoms with E-state index in [1.165, 1.54) is 12.1 Å². The Morgan fingerprint density at radius 2 is 2.00 bits per heavy atom. The van der Waals surface area contributed by atoms with Crippen LogP contribution in [0.4, 0.5) is 13.2 Å². The Morgan fingerprint density at radius 3 is 2.62 bits per heavy atom. The molecule has 1 aliphatic rings. The first-order chi connectivity index (χ1) is 7.57. The molecule has 4 heteroatoms. The average Bonchev–Trinajstić information content (AvgIpc) is 2.29. The lowest BCUT2D eigenvalue weighted by molar-refractivity contribution is -0.137. The van der Waals surface area contributed by atoms with E-state index in [1.807, 2.05) is 0 Å². The van der Waals surface area contributed by atoms with Crippen molar-refractivity contribution in [3.05, 3.63) is 35.4 Å². The maximum absolute atomic E-state index is 12.5. The van der Waals surface area contributed by atoms with Gasteiger partial charge in [0.25, 0.3) is 0 Å². The van der Waals surface area contributed by atoms with E-state index in [0.29, 0.717) is 0 Å². The average molecular weight is 229 g/mol. The van der Waals surface area contributed by atoms with Gasteiger partial charge in [0.05, 0.1) is 5.56 Å². The molecule has 1 aromatic carbocycles. The number of rotatable bonds is 1. The molecular weight excluding hydrogens is 215 g/mol. The molecule has 1 heterocycles. The summed E-state index contributed by atoms with van der Waals surface area (Å²) in [5, 5.41) is 3.25. The van der Waals surface area contributed by atoms with Gasteiger partial charge in [0, 0.05) is 6.04 Å². The van der Waals surface area contributed by atoms with E-state index in [0.717, 1.165) is 37.4 Å². The maximum atomic E-state index is 12.5. The molecule has 0 aliphatic carbocycles. The summed E-state index contributed by atoms with van der Waals surface area (Å²) in [4.78, 5) is 0. The van der Waals surface area contributed by atoms with Gasteiger partial charge in [-0.25, -0.2) is 0 Å². The van der Waals surface area contributed by atoms with Crippen LogP contribution in [-0.4, -0.2) is 6.54 Å². The number of halogens is 3. The third-order valence-electron chi connectivity index (χ3n) is 2.93. The largest absolute Gasteiger partial charge is 0.416 e. The first-order valence-electron chi connectivity index (χ1n) is 5.48. The smallest absolute Gasteiger partial charge is 0.310 e. The van der Waals surface area contributed by atoms with Crippen LogP contribution in [0.1, 0.15) is 36.4 Å². The Bertz CT molecular complexity index is 354. The van der Waals surface area contributed by atoms with E-state index in [1.54, 1.807) is 6.07 Å². The molecule has 16 heavy (non-hydrogen) atoms. The zero-order valence-corrected chi connectivity index (χ0v) is 8.85. The van der Waals surface area contributed by atoms with Crippen LogP contribution in [0, 0.1) is 0 Å². The van der Waals surface area contributed by atoms with Gasteiger partial charge in [0.1, 0.15) is 0 Å². The molecule has 0 spiro atoms. The van der Waals surface area contributed by atoms with Crippen LogP contribution in [0.3, 0.4) is 0 Å². The van der Waals surface area contributed by atoms with Gasteiger partial charge in [-0.05, 0) is 37.1 Å². The van der Waals surface area contributed by atoms with Crippen molar-refractivity contribution >= 4 is 0 Å². The topological polar surface area (TPSA) is 12.0 Å². The number of piperidine rings is 1. The highest BCUT2D eigenvalue weighted by atomic mass is 19.4. The Labute approximate surface area is 92.7 Å². The van der Waals surface area contributed by atoms with Gasteiger partial charge in [0.15, 0.2) is 0 Å². The Morgan fingerprint density at radius 1 is 1.19 bits per heavy atom. The van der Waals surface area contributed by atoms with Crippen molar-refractivity contribution in [2.24, 2.45) is 0 Å². The monoisotopic (exact) mass is 229 g/mol. The van der Waals surface area contributed by atoms with Gasteiger partial charge in [-0.1, -0.05) is 18.6 Å². The predicted octanol–water partition coefficient (Wildman–Crippen LogP) is 3.52. The van der Waals surface area contributed by atoms with Crippen molar-refractivity contribution in [3.63, 3.8) is 0 Å². The van der Waals surface area contributed by atoms with Crippen molar-refractivity contribution < 1.29 is 13.2 Å². The number of alkyl halides is 3. The van der Waals surface area contributed by atoms with Crippen molar-refractivity contribution in [2.45, 2.75) is 31.5 Å². The fourth-order valence-electron chi connectivity index (χ4n) is 2.07. The second kappa shape index (κ2) is 4.45. The standard InChI is InChI=1S/C12H14F3N/c13-12(14,15)10-5-3-4-9(8-10)11-6-1-2-7-16-11/h3-5,8,11,16H,1-2,6-7H2/t11-/m0/s1. The summed E-state index contributed by atoms with van der Waals surface area (Å²) in [5.41, 5.74) is 0.187. The van der Waals surface area contributed by atoms with E-state index in [2.05, 4.69) is 5.32 Å². The molecule has 1 aliphatic heterocycles. The molecule has 1 fully saturated rings. The van der Waals surface area contributed by atoms with Crippen LogP contribution in [0.2, 0.25) is 0 Å². The summed E-state index contributed by atoms with van der Waals surface area (Å²) >= 11 is 0. The van der Waals surface area contributed by atoms with Crippen LogP contribution < -0.4 is 5.32 Å². The fourth-order valence-corrected chi connectivity index (χ4v) is 2.07. The first kappa shape index (κ1) is 11.5. The zero-order valence-electron chi connectivity index (χ0n) is 8.85. The molecule has 1 saturated heterocycles. The highest BCUT2D eigenvalue weighted by Crippen LogP contribution is 2.32. The molecule has 1 aromatic rings. The lowest BCUT2D eigenvalue weighted by Crippen LogP contribution is -2.27. The first-order valence-corrected chi connectivity index (χ1v) is 5.48. The molecule has 0 amide bonds. The van der Waals surface area contributed by atoms with Crippen LogP contribution >= 0.6 is 0 Å². The predicted molar refractivity (Wildman–Crippen MR) is 56.0 cm³/mol. The van der Waals surface area contributed by atoms with Crippen LogP contribution in [0.25, 0.3) is 0 Å². The van der Waals surface area contributed by atoms with Crippen LogP contribution in [0.15, 0.2) is 24.3 Å². The maximum Gasteiger partial charge on any atom is 0.416 e. The molecule has 0 bridgehead atoms. The normalized spacial score (nSPS) is 22.1. The summed E-state index contributed by atoms with van der Waals surface area (Å²) in [5.74, 6) is 0. The molecule has 0 aromatic heterocycles. The van der Waals surface area contributed by atoms with Gasteiger partial charge in [-0.15, -0.1) is 0 Å².